The lowest BCUT2D eigenvalue weighted by atomic mass is 9.85. The molecule has 1 atom stereocenters. The Hall–Kier alpha value is -3.55. The van der Waals surface area contributed by atoms with Gasteiger partial charge in [-0.1, -0.05) is 18.2 Å². The van der Waals surface area contributed by atoms with Crippen LogP contribution in [-0.4, -0.2) is 35.7 Å². The number of H-pyrrole nitrogens is 1. The van der Waals surface area contributed by atoms with E-state index in [1.807, 2.05) is 18.2 Å². The zero-order chi connectivity index (χ0) is 19.6. The van der Waals surface area contributed by atoms with Crippen LogP contribution in [0.4, 0.5) is 0 Å². The first kappa shape index (κ1) is 18.2. The Bertz CT molecular complexity index is 992. The number of para-hydroxylation sites is 1. The third-order valence-electron chi connectivity index (χ3n) is 4.36. The first-order valence-corrected chi connectivity index (χ1v) is 8.15. The molecule has 0 aliphatic carbocycles. The molecule has 8 heteroatoms. The number of primary amides is 1. The van der Waals surface area contributed by atoms with Crippen LogP contribution in [0.15, 0.2) is 40.8 Å². The molecule has 0 saturated heterocycles. The minimum atomic E-state index is -0.857. The molecule has 0 saturated carbocycles. The van der Waals surface area contributed by atoms with E-state index in [2.05, 4.69) is 9.72 Å². The molecule has 140 valence electrons. The number of nitrogens with two attached hydrogens (primary N) is 1. The predicted octanol–water partition coefficient (Wildman–Crippen LogP) is 1.30. The van der Waals surface area contributed by atoms with Crippen LogP contribution >= 0.6 is 0 Å². The number of hydrogen-bond acceptors (Lipinski definition) is 6. The Kier molecular flexibility index (Phi) is 4.98. The van der Waals surface area contributed by atoms with Gasteiger partial charge in [0.15, 0.2) is 0 Å². The highest BCUT2D eigenvalue weighted by Gasteiger charge is 2.30. The number of ether oxygens (including phenoxy) is 2. The number of amides is 1. The monoisotopic (exact) mass is 370 g/mol. The summed E-state index contributed by atoms with van der Waals surface area (Å²) in [7, 11) is 1.15. The number of benzene rings is 1. The molecule has 1 aliphatic rings. The van der Waals surface area contributed by atoms with Crippen molar-refractivity contribution in [3.63, 3.8) is 0 Å². The van der Waals surface area contributed by atoms with Gasteiger partial charge in [-0.3, -0.25) is 9.59 Å². The van der Waals surface area contributed by atoms with Crippen molar-refractivity contribution in [2.45, 2.75) is 12.3 Å². The SMILES string of the molecule is COC(=O)c1c[nH]c(=O)c(C(CC(N)=O)C2=Cc3ccccc3OC2)c1O. The molecule has 1 aromatic heterocycles. The fourth-order valence-corrected chi connectivity index (χ4v) is 3.08. The molecule has 0 radical (unpaired) electrons. The normalized spacial score (nSPS) is 13.7. The molecule has 0 spiro atoms. The molecular weight excluding hydrogens is 352 g/mol. The Morgan fingerprint density at radius 3 is 2.81 bits per heavy atom. The zero-order valence-corrected chi connectivity index (χ0v) is 14.5. The number of carbonyl (C=O) groups excluding carboxylic acids is 2. The second kappa shape index (κ2) is 7.36. The molecule has 3 rings (SSSR count). The lowest BCUT2D eigenvalue weighted by molar-refractivity contribution is -0.118. The van der Waals surface area contributed by atoms with Gasteiger partial charge in [-0.05, 0) is 17.7 Å². The van der Waals surface area contributed by atoms with E-state index in [1.165, 1.54) is 0 Å². The van der Waals surface area contributed by atoms with Crippen molar-refractivity contribution in [2.75, 3.05) is 13.7 Å². The molecule has 0 fully saturated rings. The van der Waals surface area contributed by atoms with Gasteiger partial charge in [0.25, 0.3) is 5.56 Å². The number of methoxy groups -OCH3 is 1. The largest absolute Gasteiger partial charge is 0.506 e. The minimum Gasteiger partial charge on any atom is -0.506 e. The van der Waals surface area contributed by atoms with Crippen molar-refractivity contribution < 1.29 is 24.2 Å². The van der Waals surface area contributed by atoms with Crippen LogP contribution in [0.1, 0.15) is 33.8 Å². The minimum absolute atomic E-state index is 0.107. The van der Waals surface area contributed by atoms with Crippen LogP contribution in [0.2, 0.25) is 0 Å². The van der Waals surface area contributed by atoms with Crippen LogP contribution in [0.25, 0.3) is 6.08 Å². The molecule has 1 aromatic carbocycles. The van der Waals surface area contributed by atoms with E-state index in [0.717, 1.165) is 18.9 Å². The van der Waals surface area contributed by atoms with Gasteiger partial charge < -0.3 is 25.3 Å². The van der Waals surface area contributed by atoms with Crippen molar-refractivity contribution in [2.24, 2.45) is 5.73 Å². The van der Waals surface area contributed by atoms with Gasteiger partial charge in [-0.15, -0.1) is 0 Å². The van der Waals surface area contributed by atoms with Crippen LogP contribution in [0, 0.1) is 0 Å². The van der Waals surface area contributed by atoms with Crippen molar-refractivity contribution in [1.29, 1.82) is 0 Å². The lowest BCUT2D eigenvalue weighted by Crippen LogP contribution is -2.26. The Morgan fingerprint density at radius 2 is 2.11 bits per heavy atom. The average Bonchev–Trinajstić information content (AvgIpc) is 2.66. The fourth-order valence-electron chi connectivity index (χ4n) is 3.08. The van der Waals surface area contributed by atoms with Crippen molar-refractivity contribution in [3.8, 4) is 11.5 Å². The summed E-state index contributed by atoms with van der Waals surface area (Å²) in [6.45, 7) is 0.107. The maximum atomic E-state index is 12.4. The number of aromatic hydroxyl groups is 1. The number of aromatic amines is 1. The Morgan fingerprint density at radius 1 is 1.37 bits per heavy atom. The zero-order valence-electron chi connectivity index (χ0n) is 14.5. The highest BCUT2D eigenvalue weighted by molar-refractivity contribution is 5.92. The number of rotatable bonds is 5. The molecule has 1 amide bonds. The first-order valence-electron chi connectivity index (χ1n) is 8.15. The summed E-state index contributed by atoms with van der Waals surface area (Å²) < 4.78 is 10.3. The van der Waals surface area contributed by atoms with Crippen molar-refractivity contribution in [1.82, 2.24) is 4.98 Å². The molecule has 27 heavy (non-hydrogen) atoms. The summed E-state index contributed by atoms with van der Waals surface area (Å²) in [5.74, 6) is -2.22. The van der Waals surface area contributed by atoms with Gasteiger partial charge in [-0.2, -0.15) is 0 Å². The summed E-state index contributed by atoms with van der Waals surface area (Å²) in [4.78, 5) is 38.3. The number of pyridine rings is 1. The number of aromatic nitrogens is 1. The summed E-state index contributed by atoms with van der Waals surface area (Å²) in [6.07, 6.45) is 2.62. The summed E-state index contributed by atoms with van der Waals surface area (Å²) in [5.41, 5.74) is 5.74. The Labute approximate surface area is 154 Å². The standard InChI is InChI=1S/C19H18N2O6/c1-26-19(25)13-8-21-18(24)16(17(13)23)12(7-15(20)22)11-6-10-4-2-3-5-14(10)27-9-11/h2-6,8,12H,7,9H2,1H3,(H2,20,22)(H2,21,23,24). The van der Waals surface area contributed by atoms with Crippen molar-refractivity contribution in [3.05, 3.63) is 63.1 Å². The summed E-state index contributed by atoms with van der Waals surface area (Å²) >= 11 is 0. The van der Waals surface area contributed by atoms with Crippen molar-refractivity contribution >= 4 is 18.0 Å². The van der Waals surface area contributed by atoms with Gasteiger partial charge in [0.2, 0.25) is 5.91 Å². The summed E-state index contributed by atoms with van der Waals surface area (Å²) in [5, 5.41) is 10.5. The lowest BCUT2D eigenvalue weighted by Gasteiger charge is -2.25. The Balaban J connectivity index is 2.15. The first-order chi connectivity index (χ1) is 12.9. The third kappa shape index (κ3) is 3.55. The number of carbonyl (C=O) groups is 2. The quantitative estimate of drug-likeness (QED) is 0.680. The van der Waals surface area contributed by atoms with E-state index in [0.29, 0.717) is 11.3 Å². The highest BCUT2D eigenvalue weighted by atomic mass is 16.5. The van der Waals surface area contributed by atoms with Gasteiger partial charge in [0, 0.05) is 24.1 Å². The van der Waals surface area contributed by atoms with E-state index >= 15 is 0 Å². The molecule has 1 aliphatic heterocycles. The van der Waals surface area contributed by atoms with E-state index in [9.17, 15) is 19.5 Å². The van der Waals surface area contributed by atoms with Crippen LogP contribution in [-0.2, 0) is 9.53 Å². The number of esters is 1. The van der Waals surface area contributed by atoms with E-state index in [4.69, 9.17) is 10.5 Å². The van der Waals surface area contributed by atoms with Gasteiger partial charge in [0.1, 0.15) is 23.7 Å². The maximum Gasteiger partial charge on any atom is 0.343 e. The van der Waals surface area contributed by atoms with Crippen LogP contribution in [0.5, 0.6) is 11.5 Å². The van der Waals surface area contributed by atoms with Gasteiger partial charge >= 0.3 is 5.97 Å². The molecule has 8 nitrogen and oxygen atoms in total. The maximum absolute atomic E-state index is 12.4. The molecule has 2 heterocycles. The van der Waals surface area contributed by atoms with Gasteiger partial charge in [-0.25, -0.2) is 4.79 Å². The average molecular weight is 370 g/mol. The second-order valence-corrected chi connectivity index (χ2v) is 6.05. The topological polar surface area (TPSA) is 132 Å². The number of fused-ring (bicyclic) bond motifs is 1. The molecule has 1 unspecified atom stereocenters. The number of nitrogens with one attached hydrogen (secondary N) is 1. The fraction of sp³-hybridized carbons (Fsp3) is 0.211. The van der Waals surface area contributed by atoms with Crippen LogP contribution in [0.3, 0.4) is 0 Å². The number of hydrogen-bond donors (Lipinski definition) is 3. The van der Waals surface area contributed by atoms with Crippen LogP contribution < -0.4 is 16.0 Å². The smallest absolute Gasteiger partial charge is 0.343 e. The second-order valence-electron chi connectivity index (χ2n) is 6.05. The summed E-state index contributed by atoms with van der Waals surface area (Å²) in [6, 6.07) is 7.28. The molecule has 0 bridgehead atoms. The highest BCUT2D eigenvalue weighted by Crippen LogP contribution is 2.37. The molecule has 2 aromatic rings. The molecule has 4 N–H and O–H groups in total. The van der Waals surface area contributed by atoms with E-state index < -0.39 is 29.1 Å². The van der Waals surface area contributed by atoms with Gasteiger partial charge in [0.05, 0.1) is 12.7 Å². The van der Waals surface area contributed by atoms with E-state index in [-0.39, 0.29) is 24.2 Å². The third-order valence-corrected chi connectivity index (χ3v) is 4.36. The van der Waals surface area contributed by atoms with E-state index in [1.54, 1.807) is 12.1 Å². The predicted molar refractivity (Wildman–Crippen MR) is 96.5 cm³/mol. The molecular formula is C19H18N2O6.